The fraction of sp³-hybridized carbons (Fsp3) is 0.462. The van der Waals surface area contributed by atoms with Crippen molar-refractivity contribution in [3.63, 3.8) is 0 Å². The maximum atomic E-state index is 10.6. The summed E-state index contributed by atoms with van der Waals surface area (Å²) in [5.74, 6) is 0. The number of hydrogen-bond acceptors (Lipinski definition) is 2. The van der Waals surface area contributed by atoms with Crippen molar-refractivity contribution in [1.82, 2.24) is 5.32 Å². The molecule has 0 atom stereocenters. The van der Waals surface area contributed by atoms with Crippen LogP contribution in [0.25, 0.3) is 0 Å². The predicted octanol–water partition coefficient (Wildman–Crippen LogP) is 2.12. The molecule has 1 rings (SSSR count). The lowest BCUT2D eigenvalue weighted by Crippen LogP contribution is -2.42. The van der Waals surface area contributed by atoms with E-state index in [0.29, 0.717) is 6.54 Å². The Labute approximate surface area is 102 Å². The highest BCUT2D eigenvalue weighted by molar-refractivity contribution is 5.65. The molecule has 17 heavy (non-hydrogen) atoms. The van der Waals surface area contributed by atoms with Gasteiger partial charge in [0.15, 0.2) is 0 Å². The van der Waals surface area contributed by atoms with E-state index in [1.54, 1.807) is 0 Å². The summed E-state index contributed by atoms with van der Waals surface area (Å²) in [6, 6.07) is 8.08. The molecule has 0 saturated heterocycles. The molecule has 94 valence electrons. The number of benzene rings is 1. The van der Waals surface area contributed by atoms with Gasteiger partial charge in [0.2, 0.25) is 0 Å². The van der Waals surface area contributed by atoms with E-state index in [9.17, 15) is 4.79 Å². The summed E-state index contributed by atoms with van der Waals surface area (Å²) >= 11 is 0. The van der Waals surface area contributed by atoms with Crippen molar-refractivity contribution < 1.29 is 9.90 Å². The van der Waals surface area contributed by atoms with E-state index < -0.39 is 11.6 Å². The minimum Gasteiger partial charge on any atom is -0.465 e. The van der Waals surface area contributed by atoms with E-state index in [-0.39, 0.29) is 0 Å². The van der Waals surface area contributed by atoms with Crippen molar-refractivity contribution in [3.8, 4) is 0 Å². The van der Waals surface area contributed by atoms with Gasteiger partial charge < -0.3 is 16.2 Å². The van der Waals surface area contributed by atoms with Crippen LogP contribution >= 0.6 is 0 Å². The van der Waals surface area contributed by atoms with Gasteiger partial charge in [0, 0.05) is 12.1 Å². The summed E-state index contributed by atoms with van der Waals surface area (Å²) < 4.78 is 0. The number of carbonyl (C=O) groups is 1. The number of aryl methyl sites for hydroxylation is 1. The number of carboxylic acid groups (broad SMARTS) is 1. The van der Waals surface area contributed by atoms with Gasteiger partial charge in [-0.25, -0.2) is 4.79 Å². The van der Waals surface area contributed by atoms with Crippen LogP contribution in [-0.2, 0) is 13.0 Å². The van der Waals surface area contributed by atoms with E-state index >= 15 is 0 Å². The summed E-state index contributed by atoms with van der Waals surface area (Å²) in [6.45, 7) is 4.30. The molecule has 0 spiro atoms. The second-order valence-electron chi connectivity index (χ2n) is 4.84. The highest BCUT2D eigenvalue weighted by Gasteiger charge is 2.19. The first-order valence-corrected chi connectivity index (χ1v) is 5.72. The molecule has 0 unspecified atom stereocenters. The fourth-order valence-corrected chi connectivity index (χ4v) is 1.72. The number of hydrogen-bond donors (Lipinski definition) is 3. The summed E-state index contributed by atoms with van der Waals surface area (Å²) in [5.41, 5.74) is 7.46. The Morgan fingerprint density at radius 1 is 1.41 bits per heavy atom. The van der Waals surface area contributed by atoms with Crippen LogP contribution in [0.2, 0.25) is 0 Å². The molecule has 0 fully saturated rings. The van der Waals surface area contributed by atoms with Crippen LogP contribution in [0.5, 0.6) is 0 Å². The lowest BCUT2D eigenvalue weighted by atomic mass is 9.95. The standard InChI is InChI=1S/C13H20N2O2/c1-13(2,15-12(16)17)7-6-10-4-3-5-11(8-10)9-14/h3-5,8,15H,6-7,9,14H2,1-2H3,(H,16,17). The third-order valence-corrected chi connectivity index (χ3v) is 2.71. The number of rotatable bonds is 5. The van der Waals surface area contributed by atoms with E-state index in [1.807, 2.05) is 32.0 Å². The van der Waals surface area contributed by atoms with Crippen molar-refractivity contribution in [3.05, 3.63) is 35.4 Å². The second kappa shape index (κ2) is 5.68. The van der Waals surface area contributed by atoms with E-state index in [4.69, 9.17) is 10.8 Å². The fourth-order valence-electron chi connectivity index (χ4n) is 1.72. The van der Waals surface area contributed by atoms with Crippen LogP contribution < -0.4 is 11.1 Å². The SMILES string of the molecule is CC(C)(CCc1cccc(CN)c1)NC(=O)O. The van der Waals surface area contributed by atoms with Gasteiger partial charge in [-0.2, -0.15) is 0 Å². The van der Waals surface area contributed by atoms with Crippen LogP contribution in [0.4, 0.5) is 4.79 Å². The van der Waals surface area contributed by atoms with Crippen LogP contribution in [0.1, 0.15) is 31.4 Å². The molecule has 4 nitrogen and oxygen atoms in total. The Morgan fingerprint density at radius 3 is 2.65 bits per heavy atom. The molecular weight excluding hydrogens is 216 g/mol. The average Bonchev–Trinajstić information content (AvgIpc) is 2.25. The van der Waals surface area contributed by atoms with Gasteiger partial charge in [0.25, 0.3) is 0 Å². The Hall–Kier alpha value is -1.55. The molecule has 0 aliphatic carbocycles. The van der Waals surface area contributed by atoms with Gasteiger partial charge in [-0.15, -0.1) is 0 Å². The third kappa shape index (κ3) is 4.87. The van der Waals surface area contributed by atoms with Gasteiger partial charge in [0.05, 0.1) is 0 Å². The topological polar surface area (TPSA) is 75.3 Å². The van der Waals surface area contributed by atoms with Crippen molar-refractivity contribution in [2.24, 2.45) is 5.73 Å². The smallest absolute Gasteiger partial charge is 0.405 e. The molecule has 0 heterocycles. The molecule has 4 heteroatoms. The summed E-state index contributed by atoms with van der Waals surface area (Å²) in [6.07, 6.45) is 0.611. The minimum atomic E-state index is -0.981. The second-order valence-corrected chi connectivity index (χ2v) is 4.84. The summed E-state index contributed by atoms with van der Waals surface area (Å²) in [5, 5.41) is 11.2. The first-order chi connectivity index (χ1) is 7.93. The van der Waals surface area contributed by atoms with Crippen molar-refractivity contribution in [1.29, 1.82) is 0 Å². The average molecular weight is 236 g/mol. The lowest BCUT2D eigenvalue weighted by molar-refractivity contribution is 0.180. The monoisotopic (exact) mass is 236 g/mol. The first-order valence-electron chi connectivity index (χ1n) is 5.72. The zero-order chi connectivity index (χ0) is 12.9. The summed E-state index contributed by atoms with van der Waals surface area (Å²) in [4.78, 5) is 10.6. The van der Waals surface area contributed by atoms with Gasteiger partial charge in [0.1, 0.15) is 0 Å². The van der Waals surface area contributed by atoms with Crippen LogP contribution in [-0.4, -0.2) is 16.7 Å². The maximum Gasteiger partial charge on any atom is 0.405 e. The molecule has 0 saturated carbocycles. The quantitative estimate of drug-likeness (QED) is 0.733. The molecule has 0 aliphatic heterocycles. The Morgan fingerprint density at radius 2 is 2.06 bits per heavy atom. The highest BCUT2D eigenvalue weighted by atomic mass is 16.4. The molecule has 1 amide bonds. The molecule has 4 N–H and O–H groups in total. The molecule has 0 bridgehead atoms. The largest absolute Gasteiger partial charge is 0.465 e. The molecule has 0 aliphatic rings. The number of nitrogens with two attached hydrogens (primary N) is 1. The van der Waals surface area contributed by atoms with E-state index in [2.05, 4.69) is 11.4 Å². The van der Waals surface area contributed by atoms with Crippen molar-refractivity contribution >= 4 is 6.09 Å². The van der Waals surface area contributed by atoms with Crippen LogP contribution in [0.3, 0.4) is 0 Å². The van der Waals surface area contributed by atoms with E-state index in [0.717, 1.165) is 18.4 Å². The molecule has 0 aromatic heterocycles. The van der Waals surface area contributed by atoms with Gasteiger partial charge >= 0.3 is 6.09 Å². The summed E-state index contributed by atoms with van der Waals surface area (Å²) in [7, 11) is 0. The zero-order valence-electron chi connectivity index (χ0n) is 10.4. The highest BCUT2D eigenvalue weighted by Crippen LogP contribution is 2.14. The third-order valence-electron chi connectivity index (χ3n) is 2.71. The normalized spacial score (nSPS) is 11.2. The molecule has 0 radical (unpaired) electrons. The molecule has 1 aromatic carbocycles. The van der Waals surface area contributed by atoms with Gasteiger partial charge in [-0.05, 0) is 37.8 Å². The maximum absolute atomic E-state index is 10.6. The Bertz CT molecular complexity index is 389. The number of nitrogens with one attached hydrogen (secondary N) is 1. The van der Waals surface area contributed by atoms with Gasteiger partial charge in [-0.1, -0.05) is 24.3 Å². The van der Waals surface area contributed by atoms with E-state index in [1.165, 1.54) is 5.56 Å². The molecule has 1 aromatic rings. The van der Waals surface area contributed by atoms with Crippen LogP contribution in [0.15, 0.2) is 24.3 Å². The zero-order valence-corrected chi connectivity index (χ0v) is 10.4. The molecular formula is C13H20N2O2. The number of amides is 1. The Balaban J connectivity index is 2.57. The van der Waals surface area contributed by atoms with Crippen molar-refractivity contribution in [2.45, 2.75) is 38.8 Å². The van der Waals surface area contributed by atoms with Gasteiger partial charge in [-0.3, -0.25) is 0 Å². The minimum absolute atomic E-state index is 0.412. The lowest BCUT2D eigenvalue weighted by Gasteiger charge is -2.24. The predicted molar refractivity (Wildman–Crippen MR) is 67.9 cm³/mol. The van der Waals surface area contributed by atoms with Crippen molar-refractivity contribution in [2.75, 3.05) is 0 Å². The van der Waals surface area contributed by atoms with Crippen LogP contribution in [0, 0.1) is 0 Å². The Kier molecular flexibility index (Phi) is 4.52. The first kappa shape index (κ1) is 13.5.